The molecule has 1 amide bonds. The molecule has 0 saturated carbocycles. The van der Waals surface area contributed by atoms with Crippen molar-refractivity contribution in [3.05, 3.63) is 29.8 Å². The van der Waals surface area contributed by atoms with Crippen molar-refractivity contribution in [2.45, 2.75) is 12.8 Å². The number of hydrogen-bond donors (Lipinski definition) is 2. The second-order valence-electron chi connectivity index (χ2n) is 4.65. The van der Waals surface area contributed by atoms with Crippen molar-refractivity contribution in [2.24, 2.45) is 11.1 Å². The fourth-order valence-electron chi connectivity index (χ4n) is 2.14. The van der Waals surface area contributed by atoms with E-state index in [1.165, 1.54) is 12.1 Å². The molecule has 1 fully saturated rings. The van der Waals surface area contributed by atoms with Crippen molar-refractivity contribution in [1.29, 1.82) is 0 Å². The molecular formula is C13H16F2N2O2. The Morgan fingerprint density at radius 1 is 1.37 bits per heavy atom. The zero-order chi connectivity index (χ0) is 13.9. The zero-order valence-electron chi connectivity index (χ0n) is 10.4. The molecule has 2 rings (SSSR count). The number of rotatable bonds is 3. The van der Waals surface area contributed by atoms with Gasteiger partial charge in [-0.05, 0) is 25.0 Å². The Morgan fingerprint density at radius 2 is 2.05 bits per heavy atom. The number of hydrogen-bond acceptors (Lipinski definition) is 3. The van der Waals surface area contributed by atoms with Gasteiger partial charge in [0.25, 0.3) is 0 Å². The molecule has 3 N–H and O–H groups in total. The van der Waals surface area contributed by atoms with E-state index < -0.39 is 17.0 Å². The molecular weight excluding hydrogens is 254 g/mol. The highest BCUT2D eigenvalue weighted by Crippen LogP contribution is 2.31. The van der Waals surface area contributed by atoms with Crippen LogP contribution >= 0.6 is 0 Å². The third-order valence-corrected chi connectivity index (χ3v) is 3.52. The summed E-state index contributed by atoms with van der Waals surface area (Å²) in [6, 6.07) is 3.66. The van der Waals surface area contributed by atoms with E-state index in [0.717, 1.165) is 6.07 Å². The fraction of sp³-hybridized carbons (Fsp3) is 0.462. The minimum atomic E-state index is -1.06. The average Bonchev–Trinajstić information content (AvgIpc) is 2.44. The van der Waals surface area contributed by atoms with Gasteiger partial charge in [-0.25, -0.2) is 8.78 Å². The summed E-state index contributed by atoms with van der Waals surface area (Å²) >= 11 is 0. The number of nitrogens with one attached hydrogen (secondary N) is 1. The van der Waals surface area contributed by atoms with Crippen LogP contribution in [0.1, 0.15) is 12.8 Å². The number of amides is 1. The van der Waals surface area contributed by atoms with Gasteiger partial charge in [0.2, 0.25) is 5.91 Å². The van der Waals surface area contributed by atoms with E-state index in [1.54, 1.807) is 0 Å². The highest BCUT2D eigenvalue weighted by molar-refractivity contribution is 5.95. The second kappa shape index (κ2) is 5.63. The topological polar surface area (TPSA) is 64.4 Å². The first kappa shape index (κ1) is 13.9. The number of ether oxygens (including phenoxy) is 1. The van der Waals surface area contributed by atoms with Gasteiger partial charge in [-0.2, -0.15) is 0 Å². The highest BCUT2D eigenvalue weighted by Gasteiger charge is 2.39. The van der Waals surface area contributed by atoms with Crippen LogP contribution in [0.25, 0.3) is 0 Å². The van der Waals surface area contributed by atoms with Gasteiger partial charge in [0.05, 0.1) is 11.1 Å². The predicted molar refractivity (Wildman–Crippen MR) is 66.5 cm³/mol. The van der Waals surface area contributed by atoms with E-state index in [-0.39, 0.29) is 18.1 Å². The van der Waals surface area contributed by atoms with Crippen LogP contribution in [0.4, 0.5) is 14.5 Å². The van der Waals surface area contributed by atoms with Crippen molar-refractivity contribution >= 4 is 11.6 Å². The van der Waals surface area contributed by atoms with Gasteiger partial charge in [0.15, 0.2) is 11.6 Å². The van der Waals surface area contributed by atoms with Crippen LogP contribution in [-0.2, 0) is 9.53 Å². The molecule has 1 heterocycles. The lowest BCUT2D eigenvalue weighted by Crippen LogP contribution is -2.46. The van der Waals surface area contributed by atoms with Crippen molar-refractivity contribution in [3.8, 4) is 0 Å². The summed E-state index contributed by atoms with van der Waals surface area (Å²) in [4.78, 5) is 12.2. The zero-order valence-corrected chi connectivity index (χ0v) is 10.4. The van der Waals surface area contributed by atoms with Gasteiger partial charge < -0.3 is 15.8 Å². The molecule has 1 aromatic carbocycles. The quantitative estimate of drug-likeness (QED) is 0.878. The van der Waals surface area contributed by atoms with Gasteiger partial charge in [-0.3, -0.25) is 4.79 Å². The minimum Gasteiger partial charge on any atom is -0.381 e. The maximum Gasteiger partial charge on any atom is 0.232 e. The lowest BCUT2D eigenvalue weighted by molar-refractivity contribution is -0.130. The summed E-state index contributed by atoms with van der Waals surface area (Å²) < 4.78 is 31.8. The molecule has 0 atom stereocenters. The molecule has 0 aromatic heterocycles. The van der Waals surface area contributed by atoms with Crippen molar-refractivity contribution in [1.82, 2.24) is 0 Å². The maximum absolute atomic E-state index is 13.5. The van der Waals surface area contributed by atoms with Crippen LogP contribution in [0, 0.1) is 17.0 Å². The molecule has 1 aliphatic heterocycles. The Morgan fingerprint density at radius 3 is 2.68 bits per heavy atom. The molecule has 1 saturated heterocycles. The number of benzene rings is 1. The molecule has 0 aliphatic carbocycles. The molecule has 0 spiro atoms. The fourth-order valence-corrected chi connectivity index (χ4v) is 2.14. The predicted octanol–water partition coefficient (Wildman–Crippen LogP) is 1.66. The van der Waals surface area contributed by atoms with Crippen molar-refractivity contribution < 1.29 is 18.3 Å². The number of nitrogens with two attached hydrogens (primary N) is 1. The Bertz CT molecular complexity index is 474. The van der Waals surface area contributed by atoms with Gasteiger partial charge in [0.1, 0.15) is 0 Å². The average molecular weight is 270 g/mol. The summed E-state index contributed by atoms with van der Waals surface area (Å²) in [5, 5.41) is 2.42. The SMILES string of the molecule is NCC1(C(=O)Nc2cccc(F)c2F)CCOCC1. The van der Waals surface area contributed by atoms with E-state index in [4.69, 9.17) is 10.5 Å². The summed E-state index contributed by atoms with van der Waals surface area (Å²) in [7, 11) is 0. The third kappa shape index (κ3) is 2.74. The highest BCUT2D eigenvalue weighted by atomic mass is 19.2. The van der Waals surface area contributed by atoms with E-state index >= 15 is 0 Å². The summed E-state index contributed by atoms with van der Waals surface area (Å²) in [5.74, 6) is -2.44. The van der Waals surface area contributed by atoms with Crippen LogP contribution in [0.5, 0.6) is 0 Å². The molecule has 6 heteroatoms. The number of anilines is 1. The summed E-state index contributed by atoms with van der Waals surface area (Å²) in [5.41, 5.74) is 4.75. The van der Waals surface area contributed by atoms with Crippen LogP contribution in [0.2, 0.25) is 0 Å². The Balaban J connectivity index is 2.17. The maximum atomic E-state index is 13.5. The molecule has 104 valence electrons. The van der Waals surface area contributed by atoms with E-state index in [1.807, 2.05) is 0 Å². The van der Waals surface area contributed by atoms with Gasteiger partial charge in [-0.1, -0.05) is 6.07 Å². The van der Waals surface area contributed by atoms with Gasteiger partial charge in [-0.15, -0.1) is 0 Å². The Labute approximate surface area is 109 Å². The third-order valence-electron chi connectivity index (χ3n) is 3.52. The molecule has 0 bridgehead atoms. The van der Waals surface area contributed by atoms with Gasteiger partial charge >= 0.3 is 0 Å². The molecule has 1 aliphatic rings. The molecule has 1 aromatic rings. The molecule has 0 radical (unpaired) electrons. The van der Waals surface area contributed by atoms with Crippen LogP contribution in [0.3, 0.4) is 0 Å². The monoisotopic (exact) mass is 270 g/mol. The van der Waals surface area contributed by atoms with E-state index in [9.17, 15) is 13.6 Å². The first-order valence-electron chi connectivity index (χ1n) is 6.12. The van der Waals surface area contributed by atoms with Crippen LogP contribution in [0.15, 0.2) is 18.2 Å². The van der Waals surface area contributed by atoms with E-state index in [2.05, 4.69) is 5.32 Å². The normalized spacial score (nSPS) is 18.1. The number of carbonyl (C=O) groups is 1. The first-order chi connectivity index (χ1) is 9.09. The van der Waals surface area contributed by atoms with Crippen molar-refractivity contribution in [3.63, 3.8) is 0 Å². The summed E-state index contributed by atoms with van der Waals surface area (Å²) in [6.45, 7) is 1.03. The Kier molecular flexibility index (Phi) is 4.11. The standard InChI is InChI=1S/C13H16F2N2O2/c14-9-2-1-3-10(11(9)15)17-12(18)13(8-16)4-6-19-7-5-13/h1-3H,4-8,16H2,(H,17,18). The summed E-state index contributed by atoms with van der Waals surface area (Å²) in [6.07, 6.45) is 0.957. The molecule has 4 nitrogen and oxygen atoms in total. The van der Waals surface area contributed by atoms with E-state index in [0.29, 0.717) is 26.1 Å². The van der Waals surface area contributed by atoms with Crippen LogP contribution in [-0.4, -0.2) is 25.7 Å². The second-order valence-corrected chi connectivity index (χ2v) is 4.65. The first-order valence-corrected chi connectivity index (χ1v) is 6.12. The largest absolute Gasteiger partial charge is 0.381 e. The smallest absolute Gasteiger partial charge is 0.232 e. The lowest BCUT2D eigenvalue weighted by Gasteiger charge is -2.34. The van der Waals surface area contributed by atoms with Crippen molar-refractivity contribution in [2.75, 3.05) is 25.1 Å². The van der Waals surface area contributed by atoms with Gasteiger partial charge in [0, 0.05) is 19.8 Å². The number of halogens is 2. The number of carbonyl (C=O) groups excluding carboxylic acids is 1. The molecule has 19 heavy (non-hydrogen) atoms. The molecule has 0 unspecified atom stereocenters. The van der Waals surface area contributed by atoms with Crippen LogP contribution < -0.4 is 11.1 Å². The Hall–Kier alpha value is -1.53. The minimum absolute atomic E-state index is 0.152. The lowest BCUT2D eigenvalue weighted by atomic mass is 9.79.